The smallest absolute Gasteiger partial charge is 0.259 e. The van der Waals surface area contributed by atoms with Crippen LogP contribution < -0.4 is 10.5 Å². The minimum Gasteiger partial charge on any atom is -0.308 e. The fourth-order valence-corrected chi connectivity index (χ4v) is 3.22. The summed E-state index contributed by atoms with van der Waals surface area (Å²) in [6, 6.07) is 10.2. The first-order valence-corrected chi connectivity index (χ1v) is 8.81. The molecular formula is C19H27N5O. The van der Waals surface area contributed by atoms with Gasteiger partial charge in [-0.2, -0.15) is 0 Å². The van der Waals surface area contributed by atoms with Crippen LogP contribution in [0.25, 0.3) is 0 Å². The van der Waals surface area contributed by atoms with Gasteiger partial charge >= 0.3 is 0 Å². The molecule has 25 heavy (non-hydrogen) atoms. The molecule has 0 fully saturated rings. The van der Waals surface area contributed by atoms with E-state index in [1.807, 2.05) is 36.6 Å². The van der Waals surface area contributed by atoms with Crippen molar-refractivity contribution in [2.75, 3.05) is 38.8 Å². The molecule has 0 atom stereocenters. The highest BCUT2D eigenvalue weighted by molar-refractivity contribution is 5.58. The number of fused-ring (bicyclic) bond motifs is 1. The van der Waals surface area contributed by atoms with E-state index in [2.05, 4.69) is 40.9 Å². The lowest BCUT2D eigenvalue weighted by molar-refractivity contribution is 0.180. The maximum atomic E-state index is 13.0. The third-order valence-corrected chi connectivity index (χ3v) is 4.66. The van der Waals surface area contributed by atoms with Gasteiger partial charge in [0.1, 0.15) is 0 Å². The molecule has 0 aliphatic carbocycles. The van der Waals surface area contributed by atoms with Crippen LogP contribution in [0.5, 0.6) is 0 Å². The Morgan fingerprint density at radius 1 is 1.16 bits per heavy atom. The SMILES string of the molecule is CCc1c(C)nc2n(c1=O)CN(CCN(C)C)CN2c1ccccc1. The van der Waals surface area contributed by atoms with E-state index in [1.54, 1.807) is 0 Å². The first kappa shape index (κ1) is 17.6. The molecular weight excluding hydrogens is 314 g/mol. The summed E-state index contributed by atoms with van der Waals surface area (Å²) >= 11 is 0. The summed E-state index contributed by atoms with van der Waals surface area (Å²) in [6.07, 6.45) is 0.709. The Morgan fingerprint density at radius 2 is 1.88 bits per heavy atom. The summed E-state index contributed by atoms with van der Waals surface area (Å²) in [5.41, 5.74) is 2.79. The van der Waals surface area contributed by atoms with Crippen molar-refractivity contribution in [3.63, 3.8) is 0 Å². The summed E-state index contributed by atoms with van der Waals surface area (Å²) in [4.78, 5) is 24.4. The Kier molecular flexibility index (Phi) is 5.20. The Balaban J connectivity index is 2.06. The van der Waals surface area contributed by atoms with Crippen molar-refractivity contribution in [3.05, 3.63) is 51.9 Å². The van der Waals surface area contributed by atoms with Gasteiger partial charge in [0.25, 0.3) is 5.56 Å². The summed E-state index contributed by atoms with van der Waals surface area (Å²) in [5, 5.41) is 0. The zero-order valence-corrected chi connectivity index (χ0v) is 15.6. The van der Waals surface area contributed by atoms with Gasteiger partial charge in [-0.05, 0) is 39.6 Å². The van der Waals surface area contributed by atoms with E-state index >= 15 is 0 Å². The van der Waals surface area contributed by atoms with Crippen LogP contribution in [0.4, 0.5) is 11.6 Å². The second kappa shape index (κ2) is 7.37. The van der Waals surface area contributed by atoms with E-state index in [4.69, 9.17) is 4.98 Å². The molecule has 1 aromatic carbocycles. The highest BCUT2D eigenvalue weighted by atomic mass is 16.1. The summed E-state index contributed by atoms with van der Waals surface area (Å²) in [7, 11) is 4.14. The van der Waals surface area contributed by atoms with E-state index in [-0.39, 0.29) is 5.56 Å². The number of anilines is 2. The zero-order chi connectivity index (χ0) is 18.0. The molecule has 6 heteroatoms. The van der Waals surface area contributed by atoms with Gasteiger partial charge in [0.2, 0.25) is 5.95 Å². The van der Waals surface area contributed by atoms with E-state index in [9.17, 15) is 4.79 Å². The van der Waals surface area contributed by atoms with Crippen LogP contribution >= 0.6 is 0 Å². The Hall–Kier alpha value is -2.18. The largest absolute Gasteiger partial charge is 0.308 e. The van der Waals surface area contributed by atoms with Crippen molar-refractivity contribution >= 4 is 11.6 Å². The highest BCUT2D eigenvalue weighted by Crippen LogP contribution is 2.27. The molecule has 0 radical (unpaired) electrons. The number of rotatable bonds is 5. The van der Waals surface area contributed by atoms with Crippen molar-refractivity contribution in [1.29, 1.82) is 0 Å². The van der Waals surface area contributed by atoms with Gasteiger partial charge in [-0.1, -0.05) is 25.1 Å². The topological polar surface area (TPSA) is 44.6 Å². The second-order valence-corrected chi connectivity index (χ2v) is 6.81. The molecule has 6 nitrogen and oxygen atoms in total. The third kappa shape index (κ3) is 3.60. The van der Waals surface area contributed by atoms with E-state index in [0.717, 1.165) is 42.7 Å². The van der Waals surface area contributed by atoms with E-state index in [1.165, 1.54) is 0 Å². The molecule has 1 aromatic heterocycles. The van der Waals surface area contributed by atoms with Crippen LogP contribution in [0.15, 0.2) is 35.1 Å². The average molecular weight is 341 g/mol. The molecule has 0 spiro atoms. The molecule has 1 aliphatic rings. The lowest BCUT2D eigenvalue weighted by Gasteiger charge is -2.38. The lowest BCUT2D eigenvalue weighted by atomic mass is 10.2. The third-order valence-electron chi connectivity index (χ3n) is 4.66. The van der Waals surface area contributed by atoms with Gasteiger partial charge in [0.05, 0.1) is 13.3 Å². The van der Waals surface area contributed by atoms with E-state index < -0.39 is 0 Å². The predicted molar refractivity (Wildman–Crippen MR) is 101 cm³/mol. The first-order chi connectivity index (χ1) is 12.0. The van der Waals surface area contributed by atoms with Crippen molar-refractivity contribution in [2.45, 2.75) is 26.9 Å². The average Bonchev–Trinajstić information content (AvgIpc) is 2.61. The molecule has 3 rings (SSSR count). The quantitative estimate of drug-likeness (QED) is 0.833. The number of hydrogen-bond donors (Lipinski definition) is 0. The van der Waals surface area contributed by atoms with Crippen molar-refractivity contribution < 1.29 is 0 Å². The highest BCUT2D eigenvalue weighted by Gasteiger charge is 2.27. The van der Waals surface area contributed by atoms with Crippen LogP contribution in [0.1, 0.15) is 18.2 Å². The van der Waals surface area contributed by atoms with Gasteiger partial charge in [-0.15, -0.1) is 0 Å². The van der Waals surface area contributed by atoms with Gasteiger partial charge in [-0.3, -0.25) is 19.2 Å². The maximum Gasteiger partial charge on any atom is 0.259 e. The maximum absolute atomic E-state index is 13.0. The number of likely N-dealkylation sites (N-methyl/N-ethyl adjacent to an activating group) is 1. The van der Waals surface area contributed by atoms with Crippen molar-refractivity contribution in [2.24, 2.45) is 0 Å². The van der Waals surface area contributed by atoms with Gasteiger partial charge in [0.15, 0.2) is 0 Å². The molecule has 0 amide bonds. The minimum atomic E-state index is 0.0838. The number of para-hydroxylation sites is 1. The Morgan fingerprint density at radius 3 is 2.52 bits per heavy atom. The molecule has 134 valence electrons. The van der Waals surface area contributed by atoms with Crippen LogP contribution in [-0.4, -0.2) is 53.2 Å². The number of aryl methyl sites for hydroxylation is 1. The number of benzene rings is 1. The standard InChI is InChI=1S/C19H27N5O/c1-5-17-15(2)20-19-23(16-9-7-6-8-10-16)13-22(12-11-21(3)4)14-24(19)18(17)25/h6-10H,5,11-14H2,1-4H3. The molecule has 0 saturated heterocycles. The molecule has 0 N–H and O–H groups in total. The van der Waals surface area contributed by atoms with Crippen LogP contribution in [0, 0.1) is 6.92 Å². The first-order valence-electron chi connectivity index (χ1n) is 8.81. The fourth-order valence-electron chi connectivity index (χ4n) is 3.22. The molecule has 1 aliphatic heterocycles. The van der Waals surface area contributed by atoms with Gasteiger partial charge < -0.3 is 4.90 Å². The summed E-state index contributed by atoms with van der Waals surface area (Å²) < 4.78 is 1.82. The van der Waals surface area contributed by atoms with Gasteiger partial charge in [0, 0.05) is 30.0 Å². The number of hydrogen-bond acceptors (Lipinski definition) is 5. The monoisotopic (exact) mass is 341 g/mol. The minimum absolute atomic E-state index is 0.0838. The van der Waals surface area contributed by atoms with E-state index in [0.29, 0.717) is 13.1 Å². The van der Waals surface area contributed by atoms with Crippen molar-refractivity contribution in [1.82, 2.24) is 19.4 Å². The normalized spacial score (nSPS) is 14.8. The number of nitrogens with zero attached hydrogens (tertiary/aromatic N) is 5. The Labute approximate surface area is 149 Å². The molecule has 0 saturated carbocycles. The van der Waals surface area contributed by atoms with Crippen LogP contribution in [-0.2, 0) is 13.1 Å². The predicted octanol–water partition coefficient (Wildman–Crippen LogP) is 2.04. The number of aromatic nitrogens is 2. The molecule has 2 aromatic rings. The second-order valence-electron chi connectivity index (χ2n) is 6.81. The fraction of sp³-hybridized carbons (Fsp3) is 0.474. The molecule has 2 heterocycles. The van der Waals surface area contributed by atoms with Crippen molar-refractivity contribution in [3.8, 4) is 0 Å². The van der Waals surface area contributed by atoms with Gasteiger partial charge in [-0.25, -0.2) is 4.98 Å². The molecule has 0 unspecified atom stereocenters. The van der Waals surface area contributed by atoms with Crippen LogP contribution in [0.2, 0.25) is 0 Å². The zero-order valence-electron chi connectivity index (χ0n) is 15.6. The summed E-state index contributed by atoms with van der Waals surface area (Å²) in [5.74, 6) is 0.743. The van der Waals surface area contributed by atoms with Crippen LogP contribution in [0.3, 0.4) is 0 Å². The summed E-state index contributed by atoms with van der Waals surface area (Å²) in [6.45, 7) is 7.12. The Bertz CT molecular complexity index is 784. The lowest BCUT2D eigenvalue weighted by Crippen LogP contribution is -2.49. The molecule has 0 bridgehead atoms.